The van der Waals surface area contributed by atoms with E-state index in [1.165, 1.54) is 34.6 Å². The average Bonchev–Trinajstić information content (AvgIpc) is 3.23. The van der Waals surface area contributed by atoms with Gasteiger partial charge in [0.05, 0.1) is 10.6 Å². The smallest absolute Gasteiger partial charge is 0.410 e. The van der Waals surface area contributed by atoms with Crippen molar-refractivity contribution in [1.82, 2.24) is 4.90 Å². The summed E-state index contributed by atoms with van der Waals surface area (Å²) in [5.74, 6) is -0.646. The second-order valence-corrected chi connectivity index (χ2v) is 12.8. The van der Waals surface area contributed by atoms with E-state index in [4.69, 9.17) is 4.74 Å². The molecule has 1 saturated heterocycles. The summed E-state index contributed by atoms with van der Waals surface area (Å²) in [5, 5.41) is 0. The van der Waals surface area contributed by atoms with Crippen LogP contribution in [0.4, 0.5) is 14.9 Å². The molecule has 200 valence electrons. The van der Waals surface area contributed by atoms with Crippen LogP contribution in [-0.2, 0) is 26.0 Å². The Hall–Kier alpha value is -2.94. The number of amides is 1. The van der Waals surface area contributed by atoms with E-state index in [0.717, 1.165) is 6.42 Å². The molecule has 0 saturated carbocycles. The zero-order chi connectivity index (χ0) is 27.0. The van der Waals surface area contributed by atoms with E-state index in [1.54, 1.807) is 23.1 Å². The minimum absolute atomic E-state index is 0.0780. The molecule has 0 aromatic heterocycles. The number of halogens is 1. The first kappa shape index (κ1) is 27.1. The largest absolute Gasteiger partial charge is 0.444 e. The number of hydrogen-bond acceptors (Lipinski definition) is 5. The van der Waals surface area contributed by atoms with Crippen molar-refractivity contribution in [2.75, 3.05) is 17.4 Å². The van der Waals surface area contributed by atoms with E-state index < -0.39 is 39.0 Å². The van der Waals surface area contributed by atoms with Gasteiger partial charge >= 0.3 is 6.09 Å². The van der Waals surface area contributed by atoms with Crippen LogP contribution in [0, 0.1) is 11.2 Å². The minimum atomic E-state index is -4.08. The van der Waals surface area contributed by atoms with Gasteiger partial charge in [-0.25, -0.2) is 17.6 Å². The molecule has 2 aliphatic rings. The Morgan fingerprint density at radius 3 is 2.32 bits per heavy atom. The summed E-state index contributed by atoms with van der Waals surface area (Å²) < 4.78 is 48.5. The third-order valence-corrected chi connectivity index (χ3v) is 9.04. The molecular weight excluding hydrogens is 495 g/mol. The summed E-state index contributed by atoms with van der Waals surface area (Å²) in [5.41, 5.74) is -0.581. The first-order chi connectivity index (χ1) is 17.4. The van der Waals surface area contributed by atoms with Gasteiger partial charge in [0.15, 0.2) is 5.78 Å². The monoisotopic (exact) mass is 530 g/mol. The molecule has 1 amide bonds. The lowest BCUT2D eigenvalue weighted by molar-refractivity contribution is -0.133. The highest BCUT2D eigenvalue weighted by atomic mass is 32.2. The number of ether oxygens (including phenoxy) is 1. The Balaban J connectivity index is 1.67. The van der Waals surface area contributed by atoms with E-state index >= 15 is 0 Å². The van der Waals surface area contributed by atoms with Gasteiger partial charge in [0, 0.05) is 24.9 Å². The number of sulfonamides is 1. The lowest BCUT2D eigenvalue weighted by Crippen LogP contribution is -2.54. The van der Waals surface area contributed by atoms with Crippen molar-refractivity contribution in [2.45, 2.75) is 76.3 Å². The van der Waals surface area contributed by atoms with Crippen molar-refractivity contribution in [2.24, 2.45) is 5.41 Å². The predicted octanol–water partition coefficient (Wildman–Crippen LogP) is 5.33. The summed E-state index contributed by atoms with van der Waals surface area (Å²) >= 11 is 0. The van der Waals surface area contributed by atoms with E-state index in [0.29, 0.717) is 43.6 Å². The lowest BCUT2D eigenvalue weighted by atomic mass is 9.69. The van der Waals surface area contributed by atoms with Gasteiger partial charge in [-0.1, -0.05) is 31.5 Å². The number of likely N-dealkylation sites (tertiary alicyclic amines) is 1. The quantitative estimate of drug-likeness (QED) is 0.504. The minimum Gasteiger partial charge on any atom is -0.444 e. The fourth-order valence-electron chi connectivity index (χ4n) is 5.49. The van der Waals surface area contributed by atoms with Crippen LogP contribution in [0.1, 0.15) is 58.9 Å². The topological polar surface area (TPSA) is 84.0 Å². The van der Waals surface area contributed by atoms with Crippen molar-refractivity contribution in [1.29, 1.82) is 0 Å². The van der Waals surface area contributed by atoms with Gasteiger partial charge < -0.3 is 9.64 Å². The highest BCUT2D eigenvalue weighted by molar-refractivity contribution is 7.93. The Morgan fingerprint density at radius 2 is 1.73 bits per heavy atom. The summed E-state index contributed by atoms with van der Waals surface area (Å²) in [6, 6.07) is 11.0. The number of hydrogen-bond donors (Lipinski definition) is 0. The van der Waals surface area contributed by atoms with Gasteiger partial charge in [-0.15, -0.1) is 0 Å². The third-order valence-electron chi connectivity index (χ3n) is 7.20. The summed E-state index contributed by atoms with van der Waals surface area (Å²) in [6.07, 6.45) is 1.84. The molecule has 7 nitrogen and oxygen atoms in total. The van der Waals surface area contributed by atoms with Crippen LogP contribution in [0.2, 0.25) is 0 Å². The number of fused-ring (bicyclic) bond motifs is 1. The molecule has 0 radical (unpaired) electrons. The molecule has 0 bridgehead atoms. The molecule has 2 aliphatic heterocycles. The molecular formula is C28H35FN2O5S. The van der Waals surface area contributed by atoms with E-state index in [2.05, 4.69) is 0 Å². The Morgan fingerprint density at radius 1 is 1.08 bits per heavy atom. The molecule has 0 aliphatic carbocycles. The highest BCUT2D eigenvalue weighted by Crippen LogP contribution is 2.44. The zero-order valence-electron chi connectivity index (χ0n) is 21.9. The normalized spacial score (nSPS) is 19.4. The van der Waals surface area contributed by atoms with Crippen LogP contribution >= 0.6 is 0 Å². The van der Waals surface area contributed by atoms with Crippen molar-refractivity contribution in [3.05, 3.63) is 59.9 Å². The molecule has 1 unspecified atom stereocenters. The Kier molecular flexibility index (Phi) is 7.38. The maximum atomic E-state index is 14.3. The number of benzene rings is 2. The fraction of sp³-hybridized carbons (Fsp3) is 0.500. The SMILES string of the molecule is CCCC1(C(=O)C2Cc3cc(F)ccc3N2S(=O)(=O)c2ccccc2)CCN(C(=O)OC(C)(C)C)CC1. The van der Waals surface area contributed by atoms with E-state index in [1.807, 2.05) is 27.7 Å². The van der Waals surface area contributed by atoms with Crippen molar-refractivity contribution >= 4 is 27.6 Å². The molecule has 2 aromatic carbocycles. The number of rotatable bonds is 6. The van der Waals surface area contributed by atoms with Gasteiger partial charge in [0.25, 0.3) is 10.0 Å². The molecule has 0 N–H and O–H groups in total. The maximum Gasteiger partial charge on any atom is 0.410 e. The Bertz CT molecular complexity index is 1270. The fourth-order valence-corrected chi connectivity index (χ4v) is 7.16. The van der Waals surface area contributed by atoms with Gasteiger partial charge in [-0.2, -0.15) is 0 Å². The van der Waals surface area contributed by atoms with Crippen molar-refractivity contribution < 1.29 is 27.1 Å². The number of piperidine rings is 1. The third kappa shape index (κ3) is 5.37. The van der Waals surface area contributed by atoms with Crippen LogP contribution < -0.4 is 4.31 Å². The number of carbonyl (C=O) groups excluding carboxylic acids is 2. The molecule has 4 rings (SSSR count). The van der Waals surface area contributed by atoms with Crippen LogP contribution in [0.15, 0.2) is 53.4 Å². The first-order valence-electron chi connectivity index (χ1n) is 12.8. The summed E-state index contributed by atoms with van der Waals surface area (Å²) in [4.78, 5) is 28.6. The van der Waals surface area contributed by atoms with Crippen LogP contribution in [0.5, 0.6) is 0 Å². The van der Waals surface area contributed by atoms with Crippen LogP contribution in [0.3, 0.4) is 0 Å². The average molecular weight is 531 g/mol. The second kappa shape index (κ2) is 10.1. The molecule has 9 heteroatoms. The Labute approximate surface area is 218 Å². The molecule has 37 heavy (non-hydrogen) atoms. The highest BCUT2D eigenvalue weighted by Gasteiger charge is 2.50. The van der Waals surface area contributed by atoms with Gasteiger partial charge in [0.2, 0.25) is 0 Å². The van der Waals surface area contributed by atoms with E-state index in [-0.39, 0.29) is 17.1 Å². The number of carbonyl (C=O) groups is 2. The molecule has 2 aromatic rings. The van der Waals surface area contributed by atoms with Crippen molar-refractivity contribution in [3.8, 4) is 0 Å². The van der Waals surface area contributed by atoms with Crippen molar-refractivity contribution in [3.63, 3.8) is 0 Å². The van der Waals surface area contributed by atoms with Gasteiger partial charge in [-0.05, 0) is 75.9 Å². The molecule has 2 heterocycles. The standard InChI is InChI=1S/C28H35FN2O5S/c1-5-13-28(14-16-30(17-15-28)26(33)36-27(2,3)4)25(32)24-19-20-18-21(29)11-12-23(20)31(24)37(34,35)22-9-7-6-8-10-22/h6-12,18,24H,5,13-17,19H2,1-4H3. The molecule has 1 fully saturated rings. The first-order valence-corrected chi connectivity index (χ1v) is 14.2. The number of ketones is 1. The molecule has 1 atom stereocenters. The molecule has 0 spiro atoms. The van der Waals surface area contributed by atoms with Gasteiger partial charge in [-0.3, -0.25) is 9.10 Å². The van der Waals surface area contributed by atoms with Crippen LogP contribution in [0.25, 0.3) is 0 Å². The lowest BCUT2D eigenvalue weighted by Gasteiger charge is -2.43. The summed E-state index contributed by atoms with van der Waals surface area (Å²) in [6.45, 7) is 8.11. The van der Waals surface area contributed by atoms with Gasteiger partial charge in [0.1, 0.15) is 17.5 Å². The maximum absolute atomic E-state index is 14.3. The number of anilines is 1. The number of nitrogens with zero attached hydrogens (tertiary/aromatic N) is 2. The zero-order valence-corrected chi connectivity index (χ0v) is 22.7. The predicted molar refractivity (Wildman–Crippen MR) is 139 cm³/mol. The number of Topliss-reactive ketones (excluding diaryl/α,β-unsaturated/α-hetero) is 1. The summed E-state index contributed by atoms with van der Waals surface area (Å²) in [7, 11) is -4.08. The van der Waals surface area contributed by atoms with E-state index in [9.17, 15) is 22.4 Å². The second-order valence-electron chi connectivity index (χ2n) is 11.0. The van der Waals surface area contributed by atoms with Crippen LogP contribution in [-0.4, -0.2) is 49.9 Å².